The van der Waals surface area contributed by atoms with Gasteiger partial charge in [0.15, 0.2) is 9.84 Å². The molecule has 0 aliphatic rings. The first kappa shape index (κ1) is 98.3. The topological polar surface area (TPSA) is 385 Å². The highest BCUT2D eigenvalue weighted by Crippen LogP contribution is 2.42. The number of hydrogen-bond donors (Lipinski definition) is 0. The van der Waals surface area contributed by atoms with Crippen molar-refractivity contribution in [3.05, 3.63) is 454 Å². The van der Waals surface area contributed by atoms with Gasteiger partial charge in [0.25, 0.3) is 0 Å². The van der Waals surface area contributed by atoms with Gasteiger partial charge in [-0.15, -0.1) is 0 Å². The van der Waals surface area contributed by atoms with Crippen molar-refractivity contribution in [2.24, 2.45) is 0 Å². The third-order valence-electron chi connectivity index (χ3n) is 24.7. The highest BCUT2D eigenvalue weighted by molar-refractivity contribution is 7.90. The van der Waals surface area contributed by atoms with Crippen LogP contribution in [0.15, 0.2) is 462 Å². The van der Waals surface area contributed by atoms with Crippen LogP contribution < -0.4 is 0 Å². The minimum absolute atomic E-state index is 0.212. The summed E-state index contributed by atoms with van der Waals surface area (Å²) in [5, 5.41) is 18.7. The minimum atomic E-state index is -4.59. The number of aromatic nitrogens is 5. The third kappa shape index (κ3) is 21.7. The van der Waals surface area contributed by atoms with Gasteiger partial charge in [0.2, 0.25) is 0 Å². The van der Waals surface area contributed by atoms with E-state index < -0.39 is 71.9 Å². The van der Waals surface area contributed by atoms with Crippen LogP contribution in [-0.2, 0) is 71.9 Å². The molecule has 5 aromatic heterocycles. The monoisotopic (exact) mass is 2030 g/mol. The van der Waals surface area contributed by atoms with E-state index in [0.29, 0.717) is 38.4 Å². The summed E-state index contributed by atoms with van der Waals surface area (Å²) in [6.45, 7) is 0. The summed E-state index contributed by atoms with van der Waals surface area (Å²) in [6, 6.07) is 137. The molecule has 24 aromatic rings. The van der Waals surface area contributed by atoms with Crippen LogP contribution in [0.25, 0.3) is 197 Å². The third-order valence-corrected chi connectivity index (χ3v) is 29.8. The van der Waals surface area contributed by atoms with Gasteiger partial charge in [-0.1, -0.05) is 358 Å². The molecule has 22 nitrogen and oxygen atoms in total. The van der Waals surface area contributed by atoms with E-state index >= 15 is 0 Å². The van der Waals surface area contributed by atoms with Crippen LogP contribution in [0.4, 0.5) is 0 Å². The van der Waals surface area contributed by atoms with E-state index in [2.05, 4.69) is 47.4 Å². The molecule has 146 heavy (non-hydrogen) atoms. The van der Waals surface area contributed by atoms with Crippen LogP contribution in [0.2, 0.25) is 0 Å². The maximum Gasteiger partial charge on any atom is 0.175 e. The summed E-state index contributed by atoms with van der Waals surface area (Å²) in [5.41, 5.74) is 14.7. The normalized spacial score (nSPS) is 11.9. The molecule has 0 unspecified atom stereocenters. The van der Waals surface area contributed by atoms with E-state index in [0.717, 1.165) is 170 Å². The van der Waals surface area contributed by atoms with E-state index in [1.54, 1.807) is 66.7 Å². The SMILES string of the molecule is CS(=O)(=O)c1ccc2c(c1)c(-c1ccccc1)nc1ccccc12.O=S(=O)([O-])Cc1ccc(-c2nc3ccccc3c3ccccc23)cc1.O=S(=O)([O-])Cc1ccc2c(c1)c(-c1ccccc1)nc1ccccc12.O=S(=O)([O-])c1ccc(-c2cc3ccccc3c3ccccc23)cc1.O=S(=O)([O-])c1ccc2c(c1)c(-c1ccccc1)nc1ccccc12.O=S(=O)([O-])c1ccccc1-c1nc2ccccc2c2ccccc12. The van der Waals surface area contributed by atoms with Crippen LogP contribution in [0.5, 0.6) is 0 Å². The smallest absolute Gasteiger partial charge is 0.175 e. The second-order valence-corrected chi connectivity index (χ2v) is 43.2. The Balaban J connectivity index is 0.000000111. The Morgan fingerprint density at radius 1 is 0.192 bits per heavy atom. The van der Waals surface area contributed by atoms with Crippen molar-refractivity contribution in [2.75, 3.05) is 6.26 Å². The summed E-state index contributed by atoms with van der Waals surface area (Å²) in [7, 11) is -25.4. The van der Waals surface area contributed by atoms with Gasteiger partial charge >= 0.3 is 0 Å². The summed E-state index contributed by atoms with van der Waals surface area (Å²) >= 11 is 0. The lowest BCUT2D eigenvalue weighted by Gasteiger charge is -2.15. The quantitative estimate of drug-likeness (QED) is 0.0720. The van der Waals surface area contributed by atoms with Gasteiger partial charge in [-0.05, 0) is 156 Å². The second-order valence-electron chi connectivity index (χ2n) is 34.3. The van der Waals surface area contributed by atoms with Gasteiger partial charge in [0.1, 0.15) is 30.4 Å². The van der Waals surface area contributed by atoms with Gasteiger partial charge in [0.05, 0.1) is 107 Å². The standard InChI is InChI=1S/2C20H15NO3S.C20H15NO2S.C20H14O3S.2C19H13NO3S/c22-25(23,24)13-14-9-11-15(12-10-14)20-18-7-2-1-5-16(18)17-6-3-4-8-19(17)21-20;22-25(23,24)13-14-10-11-16-17-8-4-5-9-19(17)21-20(18(16)12-14)15-6-2-1-3-7-15;1-24(22,23)15-11-12-16-17-9-5-6-10-19(17)21-20(18(16)13-15)14-7-3-2-4-8-14;21-24(22,23)16-11-9-14(10-12-16)20-13-15-5-1-2-6-17(15)18-7-3-4-8-19(18)20;21-24(22,23)18-12-6-4-10-16(18)19-15-9-2-1-7-13(15)14-8-3-5-11-17(14)20-19;21-24(22,23)14-10-11-15-16-8-4-5-9-18(16)20-19(17(15)12-14)13-6-2-1-3-7-13/h2*1-12H,13H2,(H,22,23,24);2-13H,1H3;1-13H,(H,21,22,23);2*1-12H,(H,21,22,23)/p-5. The summed E-state index contributed by atoms with van der Waals surface area (Å²) in [4.78, 5) is 23.3. The summed E-state index contributed by atoms with van der Waals surface area (Å²) in [6.07, 6.45) is 1.23. The molecule has 0 aliphatic carbocycles. The fraction of sp³-hybridized carbons (Fsp3) is 0.0254. The Kier molecular flexibility index (Phi) is 27.7. The molecule has 0 N–H and O–H groups in total. The lowest BCUT2D eigenvalue weighted by molar-refractivity contribution is 0.459. The lowest BCUT2D eigenvalue weighted by atomic mass is 9.93. The molecule has 19 aromatic carbocycles. The lowest BCUT2D eigenvalue weighted by Crippen LogP contribution is -2.02. The Morgan fingerprint density at radius 2 is 0.473 bits per heavy atom. The molecule has 0 bridgehead atoms. The van der Waals surface area contributed by atoms with Gasteiger partial charge in [-0.3, -0.25) is 0 Å². The van der Waals surface area contributed by atoms with Crippen molar-refractivity contribution in [2.45, 2.75) is 31.1 Å². The Hall–Kier alpha value is -16.5. The number of benzene rings is 19. The highest BCUT2D eigenvalue weighted by Gasteiger charge is 2.22. The van der Waals surface area contributed by atoms with Crippen molar-refractivity contribution in [3.8, 4) is 67.4 Å². The van der Waals surface area contributed by atoms with Crippen LogP contribution in [-0.4, -0.2) is 104 Å². The predicted molar refractivity (Wildman–Crippen MR) is 574 cm³/mol. The van der Waals surface area contributed by atoms with Gasteiger partial charge < -0.3 is 22.8 Å². The van der Waals surface area contributed by atoms with Crippen molar-refractivity contribution in [3.63, 3.8) is 0 Å². The van der Waals surface area contributed by atoms with Gasteiger partial charge in [0, 0.05) is 87.9 Å². The minimum Gasteiger partial charge on any atom is -0.748 e. The maximum atomic E-state index is 12.0. The molecular weight excluding hydrogens is 1950 g/mol. The maximum absolute atomic E-state index is 12.0. The molecule has 0 fully saturated rings. The van der Waals surface area contributed by atoms with Crippen LogP contribution in [0.1, 0.15) is 11.1 Å². The first-order valence-corrected chi connectivity index (χ1v) is 54.8. The van der Waals surface area contributed by atoms with Crippen molar-refractivity contribution >= 4 is 190 Å². The van der Waals surface area contributed by atoms with E-state index in [-0.39, 0.29) is 14.7 Å². The average molecular weight is 2030 g/mol. The molecule has 24 rings (SSSR count). The Labute approximate surface area is 840 Å². The molecule has 0 saturated carbocycles. The number of nitrogens with zero attached hydrogens (tertiary/aromatic N) is 5. The average Bonchev–Trinajstić information content (AvgIpc) is 0.774. The molecule has 720 valence electrons. The Bertz CT molecular complexity index is 9820. The van der Waals surface area contributed by atoms with Crippen molar-refractivity contribution in [1.82, 2.24) is 24.9 Å². The molecular formula is C118H80N5O17S6-5. The second kappa shape index (κ2) is 41.1. The van der Waals surface area contributed by atoms with Crippen molar-refractivity contribution < 1.29 is 73.3 Å². The number of rotatable bonds is 14. The fourth-order valence-electron chi connectivity index (χ4n) is 18.2. The highest BCUT2D eigenvalue weighted by atomic mass is 32.2. The zero-order chi connectivity index (χ0) is 102. The number of fused-ring (bicyclic) bond motifs is 18. The van der Waals surface area contributed by atoms with E-state index in [1.165, 1.54) is 48.0 Å². The molecule has 0 radical (unpaired) electrons. The van der Waals surface area contributed by atoms with Crippen LogP contribution in [0, 0.1) is 0 Å². The largest absolute Gasteiger partial charge is 0.748 e. The van der Waals surface area contributed by atoms with E-state index in [1.807, 2.05) is 297 Å². The molecule has 0 aliphatic heterocycles. The fourth-order valence-corrected chi connectivity index (χ4v) is 21.6. The van der Waals surface area contributed by atoms with Crippen LogP contribution in [0.3, 0.4) is 0 Å². The first-order chi connectivity index (χ1) is 70.2. The molecule has 5 heterocycles. The molecule has 0 spiro atoms. The van der Waals surface area contributed by atoms with E-state index in [4.69, 9.17) is 19.9 Å². The predicted octanol–water partition coefficient (Wildman–Crippen LogP) is 25.1. The summed E-state index contributed by atoms with van der Waals surface area (Å²) in [5.74, 6) is -1.02. The first-order valence-electron chi connectivity index (χ1n) is 45.5. The molecule has 0 atom stereocenters. The number of sulfone groups is 1. The number of hydrogen-bond acceptors (Lipinski definition) is 22. The molecule has 28 heteroatoms. The number of pyridine rings is 5. The summed E-state index contributed by atoms with van der Waals surface area (Å²) < 4.78 is 193. The van der Waals surface area contributed by atoms with Gasteiger partial charge in [-0.2, -0.15) is 0 Å². The Morgan fingerprint density at radius 3 is 0.884 bits per heavy atom. The number of para-hydroxylation sites is 5. The van der Waals surface area contributed by atoms with E-state index in [9.17, 15) is 73.3 Å². The van der Waals surface area contributed by atoms with Crippen LogP contribution >= 0.6 is 0 Å². The van der Waals surface area contributed by atoms with Crippen molar-refractivity contribution in [1.29, 1.82) is 0 Å². The molecule has 0 saturated heterocycles. The zero-order valence-electron chi connectivity index (χ0n) is 77.2. The molecule has 0 amide bonds. The zero-order valence-corrected chi connectivity index (χ0v) is 82.1. The van der Waals surface area contributed by atoms with Gasteiger partial charge in [-0.25, -0.2) is 75.4 Å².